The van der Waals surface area contributed by atoms with Crippen LogP contribution >= 0.6 is 11.6 Å². The molecular formula is C13H14ClNO4. The number of carboxylic acid groups (broad SMARTS) is 1. The molecule has 0 saturated carbocycles. The van der Waals surface area contributed by atoms with Crippen molar-refractivity contribution < 1.29 is 19.8 Å². The van der Waals surface area contributed by atoms with Crippen molar-refractivity contribution in [3.63, 3.8) is 0 Å². The number of nitrogens with zero attached hydrogens (tertiary/aromatic N) is 1. The van der Waals surface area contributed by atoms with Crippen LogP contribution in [0.1, 0.15) is 18.0 Å². The van der Waals surface area contributed by atoms with E-state index in [2.05, 4.69) is 0 Å². The van der Waals surface area contributed by atoms with E-state index in [9.17, 15) is 14.7 Å². The first-order chi connectivity index (χ1) is 9.04. The summed E-state index contributed by atoms with van der Waals surface area (Å²) in [5.41, 5.74) is 0.392. The summed E-state index contributed by atoms with van der Waals surface area (Å²) in [5.74, 6) is -1.61. The van der Waals surface area contributed by atoms with Gasteiger partial charge in [0, 0.05) is 36.1 Å². The Hall–Kier alpha value is -1.59. The summed E-state index contributed by atoms with van der Waals surface area (Å²) in [6.45, 7) is 0.106. The van der Waals surface area contributed by atoms with E-state index in [0.717, 1.165) is 0 Å². The van der Waals surface area contributed by atoms with Gasteiger partial charge in [-0.05, 0) is 6.07 Å². The monoisotopic (exact) mass is 283 g/mol. The first-order valence-corrected chi connectivity index (χ1v) is 6.30. The molecule has 2 N–H and O–H groups in total. The quantitative estimate of drug-likeness (QED) is 0.873. The van der Waals surface area contributed by atoms with Gasteiger partial charge in [0.1, 0.15) is 0 Å². The number of hydrogen-bond acceptors (Lipinski definition) is 3. The van der Waals surface area contributed by atoms with Gasteiger partial charge in [-0.1, -0.05) is 29.8 Å². The van der Waals surface area contributed by atoms with E-state index >= 15 is 0 Å². The number of carboxylic acids is 1. The molecule has 6 heteroatoms. The predicted octanol–water partition coefficient (Wildman–Crippen LogP) is 1.31. The van der Waals surface area contributed by atoms with Crippen molar-refractivity contribution >= 4 is 23.5 Å². The van der Waals surface area contributed by atoms with Crippen LogP contribution in [0.5, 0.6) is 0 Å². The van der Waals surface area contributed by atoms with Crippen molar-refractivity contribution in [1.29, 1.82) is 0 Å². The molecule has 1 aliphatic heterocycles. The molecule has 0 aromatic heterocycles. The Balaban J connectivity index is 2.35. The highest BCUT2D eigenvalue weighted by atomic mass is 35.5. The summed E-state index contributed by atoms with van der Waals surface area (Å²) >= 11 is 6.01. The molecule has 0 bridgehead atoms. The first kappa shape index (κ1) is 13.8. The van der Waals surface area contributed by atoms with Gasteiger partial charge < -0.3 is 15.1 Å². The molecule has 2 atom stereocenters. The van der Waals surface area contributed by atoms with Crippen molar-refractivity contribution in [1.82, 2.24) is 4.90 Å². The van der Waals surface area contributed by atoms with E-state index in [1.807, 2.05) is 0 Å². The third kappa shape index (κ3) is 2.72. The van der Waals surface area contributed by atoms with Gasteiger partial charge >= 0.3 is 5.97 Å². The first-order valence-electron chi connectivity index (χ1n) is 5.92. The zero-order valence-electron chi connectivity index (χ0n) is 10.1. The topological polar surface area (TPSA) is 77.8 Å². The highest BCUT2D eigenvalue weighted by Crippen LogP contribution is 2.32. The van der Waals surface area contributed by atoms with Crippen molar-refractivity contribution in [3.05, 3.63) is 34.9 Å². The smallest absolute Gasteiger partial charge is 0.331 e. The summed E-state index contributed by atoms with van der Waals surface area (Å²) in [4.78, 5) is 24.6. The van der Waals surface area contributed by atoms with E-state index in [-0.39, 0.29) is 31.4 Å². The molecule has 5 nitrogen and oxygen atoms in total. The SMILES string of the molecule is O=C(O)[C@@H](c1ccccc1Cl)N1CC(CO)CC1=O. The lowest BCUT2D eigenvalue weighted by atomic mass is 10.1. The Bertz CT molecular complexity index is 505. The molecule has 1 aromatic rings. The van der Waals surface area contributed by atoms with Crippen LogP contribution in [-0.2, 0) is 9.59 Å². The highest BCUT2D eigenvalue weighted by molar-refractivity contribution is 6.31. The lowest BCUT2D eigenvalue weighted by Crippen LogP contribution is -2.35. The number of aliphatic carboxylic acids is 1. The largest absolute Gasteiger partial charge is 0.479 e. The fourth-order valence-electron chi connectivity index (χ4n) is 2.31. The van der Waals surface area contributed by atoms with Gasteiger partial charge in [0.2, 0.25) is 5.91 Å². The number of aliphatic hydroxyl groups excluding tert-OH is 1. The van der Waals surface area contributed by atoms with E-state index in [1.165, 1.54) is 4.90 Å². The molecule has 0 radical (unpaired) electrons. The standard InChI is InChI=1S/C13H14ClNO4/c14-10-4-2-1-3-9(10)12(13(18)19)15-6-8(7-16)5-11(15)17/h1-4,8,12,16H,5-7H2,(H,18,19)/t8?,12-/m1/s1. The Morgan fingerprint density at radius 3 is 2.68 bits per heavy atom. The second-order valence-electron chi connectivity index (χ2n) is 4.56. The van der Waals surface area contributed by atoms with Crippen LogP contribution in [0, 0.1) is 5.92 Å². The second kappa shape index (κ2) is 5.59. The van der Waals surface area contributed by atoms with E-state index in [1.54, 1.807) is 24.3 Å². The summed E-state index contributed by atoms with van der Waals surface area (Å²) in [5, 5.41) is 18.8. The highest BCUT2D eigenvalue weighted by Gasteiger charge is 2.38. The molecule has 1 aromatic carbocycles. The summed E-state index contributed by atoms with van der Waals surface area (Å²) in [7, 11) is 0. The van der Waals surface area contributed by atoms with E-state index in [0.29, 0.717) is 10.6 Å². The molecule has 1 amide bonds. The number of carbonyl (C=O) groups excluding carboxylic acids is 1. The summed E-state index contributed by atoms with van der Waals surface area (Å²) in [6.07, 6.45) is 0.171. The summed E-state index contributed by atoms with van der Waals surface area (Å²) in [6, 6.07) is 5.48. The van der Waals surface area contributed by atoms with Crippen molar-refractivity contribution in [2.45, 2.75) is 12.5 Å². The van der Waals surface area contributed by atoms with E-state index in [4.69, 9.17) is 16.7 Å². The van der Waals surface area contributed by atoms with Crippen LogP contribution in [0.2, 0.25) is 5.02 Å². The number of aliphatic hydroxyl groups is 1. The molecule has 1 unspecified atom stereocenters. The molecule has 1 fully saturated rings. The van der Waals surface area contributed by atoms with Crippen LogP contribution in [-0.4, -0.2) is 40.1 Å². The third-order valence-electron chi connectivity index (χ3n) is 3.24. The van der Waals surface area contributed by atoms with Crippen LogP contribution in [0.15, 0.2) is 24.3 Å². The lowest BCUT2D eigenvalue weighted by molar-refractivity contribution is -0.148. The third-order valence-corrected chi connectivity index (χ3v) is 3.59. The van der Waals surface area contributed by atoms with Crippen LogP contribution < -0.4 is 0 Å². The van der Waals surface area contributed by atoms with Crippen LogP contribution in [0.3, 0.4) is 0 Å². The molecule has 1 heterocycles. The zero-order chi connectivity index (χ0) is 14.0. The number of halogens is 1. The average molecular weight is 284 g/mol. The lowest BCUT2D eigenvalue weighted by Gasteiger charge is -2.25. The molecule has 1 saturated heterocycles. The summed E-state index contributed by atoms with van der Waals surface area (Å²) < 4.78 is 0. The van der Waals surface area contributed by atoms with Gasteiger partial charge in [-0.15, -0.1) is 0 Å². The normalized spacial score (nSPS) is 20.6. The maximum atomic E-state index is 11.9. The second-order valence-corrected chi connectivity index (χ2v) is 4.97. The molecule has 0 spiro atoms. The number of benzene rings is 1. The zero-order valence-corrected chi connectivity index (χ0v) is 10.9. The van der Waals surface area contributed by atoms with Gasteiger partial charge in [-0.25, -0.2) is 4.79 Å². The molecule has 0 aliphatic carbocycles. The Morgan fingerprint density at radius 1 is 1.47 bits per heavy atom. The fraction of sp³-hybridized carbons (Fsp3) is 0.385. The van der Waals surface area contributed by atoms with Crippen molar-refractivity contribution in [2.24, 2.45) is 5.92 Å². The van der Waals surface area contributed by atoms with Crippen LogP contribution in [0.25, 0.3) is 0 Å². The molecule has 19 heavy (non-hydrogen) atoms. The number of carbonyl (C=O) groups is 2. The number of hydrogen-bond donors (Lipinski definition) is 2. The molecular weight excluding hydrogens is 270 g/mol. The van der Waals surface area contributed by atoms with Crippen molar-refractivity contribution in [3.8, 4) is 0 Å². The van der Waals surface area contributed by atoms with E-state index < -0.39 is 12.0 Å². The maximum absolute atomic E-state index is 11.9. The average Bonchev–Trinajstić information content (AvgIpc) is 2.73. The number of amides is 1. The predicted molar refractivity (Wildman–Crippen MR) is 68.7 cm³/mol. The number of likely N-dealkylation sites (tertiary alicyclic amines) is 1. The molecule has 102 valence electrons. The minimum Gasteiger partial charge on any atom is -0.479 e. The van der Waals surface area contributed by atoms with Gasteiger partial charge in [-0.2, -0.15) is 0 Å². The maximum Gasteiger partial charge on any atom is 0.331 e. The molecule has 1 aliphatic rings. The van der Waals surface area contributed by atoms with Gasteiger partial charge in [0.15, 0.2) is 6.04 Å². The minimum atomic E-state index is -1.12. The Morgan fingerprint density at radius 2 is 2.16 bits per heavy atom. The number of rotatable bonds is 4. The molecule has 2 rings (SSSR count). The van der Waals surface area contributed by atoms with Gasteiger partial charge in [-0.3, -0.25) is 4.79 Å². The Labute approximate surface area is 115 Å². The van der Waals surface area contributed by atoms with Gasteiger partial charge in [0.25, 0.3) is 0 Å². The Kier molecular flexibility index (Phi) is 4.07. The van der Waals surface area contributed by atoms with Gasteiger partial charge in [0.05, 0.1) is 0 Å². The van der Waals surface area contributed by atoms with Crippen molar-refractivity contribution in [2.75, 3.05) is 13.2 Å². The fourth-order valence-corrected chi connectivity index (χ4v) is 2.55. The minimum absolute atomic E-state index is 0.128. The van der Waals surface area contributed by atoms with Crippen LogP contribution in [0.4, 0.5) is 0 Å².